The zero-order chi connectivity index (χ0) is 13.0. The Balaban J connectivity index is 1.92. The Bertz CT molecular complexity index is 536. The SMILES string of the molecule is CC(=O)Nc1ccc(NCc2cc(Cl)cs2)cc1. The number of amides is 1. The van der Waals surface area contributed by atoms with E-state index in [9.17, 15) is 4.79 Å². The molecule has 0 atom stereocenters. The summed E-state index contributed by atoms with van der Waals surface area (Å²) in [7, 11) is 0. The molecule has 0 saturated heterocycles. The topological polar surface area (TPSA) is 41.1 Å². The summed E-state index contributed by atoms with van der Waals surface area (Å²) in [6, 6.07) is 9.54. The van der Waals surface area contributed by atoms with Crippen LogP contribution < -0.4 is 10.6 Å². The molecule has 2 rings (SSSR count). The van der Waals surface area contributed by atoms with Crippen molar-refractivity contribution in [1.29, 1.82) is 0 Å². The molecule has 0 bridgehead atoms. The fourth-order valence-corrected chi connectivity index (χ4v) is 2.52. The Kier molecular flexibility index (Phi) is 4.23. The van der Waals surface area contributed by atoms with Crippen LogP contribution in [-0.4, -0.2) is 5.91 Å². The van der Waals surface area contributed by atoms with Gasteiger partial charge in [0.15, 0.2) is 0 Å². The summed E-state index contributed by atoms with van der Waals surface area (Å²) < 4.78 is 0. The van der Waals surface area contributed by atoms with Gasteiger partial charge >= 0.3 is 0 Å². The first-order valence-electron chi connectivity index (χ1n) is 5.48. The molecule has 1 heterocycles. The highest BCUT2D eigenvalue weighted by Crippen LogP contribution is 2.21. The number of carbonyl (C=O) groups excluding carboxylic acids is 1. The Morgan fingerprint density at radius 2 is 1.94 bits per heavy atom. The smallest absolute Gasteiger partial charge is 0.221 e. The lowest BCUT2D eigenvalue weighted by Gasteiger charge is -2.06. The van der Waals surface area contributed by atoms with E-state index in [1.807, 2.05) is 35.7 Å². The molecule has 0 spiro atoms. The van der Waals surface area contributed by atoms with E-state index in [4.69, 9.17) is 11.6 Å². The summed E-state index contributed by atoms with van der Waals surface area (Å²) in [5, 5.41) is 8.71. The molecule has 0 unspecified atom stereocenters. The number of rotatable bonds is 4. The van der Waals surface area contributed by atoms with E-state index in [1.54, 1.807) is 11.3 Å². The maximum atomic E-state index is 10.9. The Morgan fingerprint density at radius 1 is 1.28 bits per heavy atom. The number of benzene rings is 1. The number of halogens is 1. The van der Waals surface area contributed by atoms with Gasteiger partial charge in [0.1, 0.15) is 0 Å². The van der Waals surface area contributed by atoms with Crippen molar-refractivity contribution < 1.29 is 4.79 Å². The summed E-state index contributed by atoms with van der Waals surface area (Å²) in [6.07, 6.45) is 0. The van der Waals surface area contributed by atoms with Crippen molar-refractivity contribution in [3.8, 4) is 0 Å². The van der Waals surface area contributed by atoms with Crippen LogP contribution in [-0.2, 0) is 11.3 Å². The van der Waals surface area contributed by atoms with Crippen molar-refractivity contribution in [3.05, 3.63) is 45.6 Å². The van der Waals surface area contributed by atoms with Crippen LogP contribution in [0.4, 0.5) is 11.4 Å². The van der Waals surface area contributed by atoms with Crippen LogP contribution in [0.15, 0.2) is 35.7 Å². The molecule has 1 aromatic carbocycles. The fraction of sp³-hybridized carbons (Fsp3) is 0.154. The largest absolute Gasteiger partial charge is 0.380 e. The lowest BCUT2D eigenvalue weighted by Crippen LogP contribution is -2.05. The standard InChI is InChI=1S/C13H13ClN2OS/c1-9(17)16-12-4-2-11(3-5-12)15-7-13-6-10(14)8-18-13/h2-6,8,15H,7H2,1H3,(H,16,17). The highest BCUT2D eigenvalue weighted by molar-refractivity contribution is 7.10. The van der Waals surface area contributed by atoms with Crippen LogP contribution in [0.25, 0.3) is 0 Å². The van der Waals surface area contributed by atoms with E-state index in [0.717, 1.165) is 22.9 Å². The number of thiophene rings is 1. The normalized spacial score (nSPS) is 10.1. The summed E-state index contributed by atoms with van der Waals surface area (Å²) in [4.78, 5) is 12.1. The van der Waals surface area contributed by atoms with Crippen LogP contribution in [0.5, 0.6) is 0 Å². The molecule has 2 aromatic rings. The zero-order valence-electron chi connectivity index (χ0n) is 9.87. The van der Waals surface area contributed by atoms with Crippen LogP contribution in [0, 0.1) is 0 Å². The lowest BCUT2D eigenvalue weighted by molar-refractivity contribution is -0.114. The van der Waals surface area contributed by atoms with Gasteiger partial charge < -0.3 is 10.6 Å². The number of hydrogen-bond acceptors (Lipinski definition) is 3. The zero-order valence-corrected chi connectivity index (χ0v) is 11.4. The lowest BCUT2D eigenvalue weighted by atomic mass is 10.2. The monoisotopic (exact) mass is 280 g/mol. The van der Waals surface area contributed by atoms with Gasteiger partial charge in [0.25, 0.3) is 0 Å². The summed E-state index contributed by atoms with van der Waals surface area (Å²) >= 11 is 7.48. The van der Waals surface area contributed by atoms with Gasteiger partial charge in [0, 0.05) is 35.1 Å². The predicted octanol–water partition coefficient (Wildman–Crippen LogP) is 3.97. The van der Waals surface area contributed by atoms with Gasteiger partial charge in [0.05, 0.1) is 5.02 Å². The van der Waals surface area contributed by atoms with Gasteiger partial charge in [0.2, 0.25) is 5.91 Å². The molecule has 0 fully saturated rings. The molecule has 1 amide bonds. The molecule has 0 aliphatic heterocycles. The minimum Gasteiger partial charge on any atom is -0.380 e. The van der Waals surface area contributed by atoms with Crippen LogP contribution >= 0.6 is 22.9 Å². The van der Waals surface area contributed by atoms with Gasteiger partial charge in [-0.2, -0.15) is 0 Å². The second-order valence-corrected chi connectivity index (χ2v) is 5.28. The summed E-state index contributed by atoms with van der Waals surface area (Å²) in [6.45, 7) is 2.24. The van der Waals surface area contributed by atoms with E-state index in [2.05, 4.69) is 10.6 Å². The molecule has 3 nitrogen and oxygen atoms in total. The maximum Gasteiger partial charge on any atom is 0.221 e. The molecule has 0 saturated carbocycles. The highest BCUT2D eigenvalue weighted by atomic mass is 35.5. The number of hydrogen-bond donors (Lipinski definition) is 2. The highest BCUT2D eigenvalue weighted by Gasteiger charge is 1.99. The van der Waals surface area contributed by atoms with Gasteiger partial charge in [-0.3, -0.25) is 4.79 Å². The van der Waals surface area contributed by atoms with Crippen molar-refractivity contribution in [1.82, 2.24) is 0 Å². The molecular formula is C13H13ClN2OS. The van der Waals surface area contributed by atoms with E-state index in [1.165, 1.54) is 11.8 Å². The van der Waals surface area contributed by atoms with Gasteiger partial charge in [-0.25, -0.2) is 0 Å². The van der Waals surface area contributed by atoms with Gasteiger partial charge in [-0.15, -0.1) is 11.3 Å². The molecular weight excluding hydrogens is 268 g/mol. The Morgan fingerprint density at radius 3 is 2.50 bits per heavy atom. The third-order valence-electron chi connectivity index (χ3n) is 2.29. The molecule has 5 heteroatoms. The first-order valence-corrected chi connectivity index (χ1v) is 6.74. The minimum absolute atomic E-state index is 0.0658. The third-order valence-corrected chi connectivity index (χ3v) is 3.58. The van der Waals surface area contributed by atoms with Crippen molar-refractivity contribution in [3.63, 3.8) is 0 Å². The Labute approximate surface area is 115 Å². The van der Waals surface area contributed by atoms with E-state index < -0.39 is 0 Å². The van der Waals surface area contributed by atoms with Crippen molar-refractivity contribution in [2.45, 2.75) is 13.5 Å². The maximum absolute atomic E-state index is 10.9. The van der Waals surface area contributed by atoms with Crippen LogP contribution in [0.2, 0.25) is 5.02 Å². The first-order chi connectivity index (χ1) is 8.63. The van der Waals surface area contributed by atoms with Gasteiger partial charge in [-0.1, -0.05) is 11.6 Å². The summed E-state index contributed by atoms with van der Waals surface area (Å²) in [5.41, 5.74) is 1.81. The minimum atomic E-state index is -0.0658. The average Bonchev–Trinajstić information content (AvgIpc) is 2.74. The van der Waals surface area contributed by atoms with Crippen molar-refractivity contribution in [2.24, 2.45) is 0 Å². The third kappa shape index (κ3) is 3.75. The van der Waals surface area contributed by atoms with Crippen molar-refractivity contribution >= 4 is 40.2 Å². The molecule has 1 aromatic heterocycles. The number of nitrogens with one attached hydrogen (secondary N) is 2. The van der Waals surface area contributed by atoms with Crippen molar-refractivity contribution in [2.75, 3.05) is 10.6 Å². The molecule has 0 radical (unpaired) electrons. The molecule has 0 aliphatic rings. The number of anilines is 2. The first kappa shape index (κ1) is 12.9. The number of carbonyl (C=O) groups is 1. The summed E-state index contributed by atoms with van der Waals surface area (Å²) in [5.74, 6) is -0.0658. The second-order valence-electron chi connectivity index (χ2n) is 3.84. The van der Waals surface area contributed by atoms with Gasteiger partial charge in [-0.05, 0) is 30.3 Å². The molecule has 0 aliphatic carbocycles. The van der Waals surface area contributed by atoms with E-state index >= 15 is 0 Å². The molecule has 2 N–H and O–H groups in total. The molecule has 94 valence electrons. The van der Waals surface area contributed by atoms with E-state index in [0.29, 0.717) is 0 Å². The average molecular weight is 281 g/mol. The fourth-order valence-electron chi connectivity index (χ4n) is 1.51. The van der Waals surface area contributed by atoms with E-state index in [-0.39, 0.29) is 5.91 Å². The Hall–Kier alpha value is -1.52. The quantitative estimate of drug-likeness (QED) is 0.890. The van der Waals surface area contributed by atoms with Crippen LogP contribution in [0.3, 0.4) is 0 Å². The predicted molar refractivity (Wildman–Crippen MR) is 77.4 cm³/mol. The van der Waals surface area contributed by atoms with Crippen LogP contribution in [0.1, 0.15) is 11.8 Å². The second kappa shape index (κ2) is 5.89. The molecule has 18 heavy (non-hydrogen) atoms.